The van der Waals surface area contributed by atoms with E-state index in [0.717, 1.165) is 5.70 Å². The molecular weight excluding hydrogens is 318 g/mol. The van der Waals surface area contributed by atoms with E-state index in [2.05, 4.69) is 16.9 Å². The number of nitrogens with one attached hydrogen (secondary N) is 1. The quantitative estimate of drug-likeness (QED) is 0.755. The fraction of sp³-hybridized carbons (Fsp3) is 0.158. The summed E-state index contributed by atoms with van der Waals surface area (Å²) in [7, 11) is 3.10. The van der Waals surface area contributed by atoms with Crippen molar-refractivity contribution in [2.45, 2.75) is 6.92 Å². The predicted octanol–water partition coefficient (Wildman–Crippen LogP) is 3.41. The number of methoxy groups -OCH3 is 2. The van der Waals surface area contributed by atoms with E-state index in [1.165, 1.54) is 6.20 Å². The lowest BCUT2D eigenvalue weighted by atomic mass is 10.1. The number of amides is 1. The molecule has 0 atom stereocenters. The lowest BCUT2D eigenvalue weighted by molar-refractivity contribution is 0.100. The normalized spacial score (nSPS) is 11.6. The molecule has 1 aromatic carbocycles. The SMILES string of the molecule is C=C/C=C\C(=C/C)Nc1c(C(N)=O)cnc2cc(OC)c(OC)cc12. The summed E-state index contributed by atoms with van der Waals surface area (Å²) in [6.45, 7) is 5.54. The number of nitrogens with zero attached hydrogens (tertiary/aromatic N) is 1. The fourth-order valence-corrected chi connectivity index (χ4v) is 2.37. The van der Waals surface area contributed by atoms with E-state index in [1.54, 1.807) is 38.5 Å². The minimum atomic E-state index is -0.574. The molecule has 1 heterocycles. The van der Waals surface area contributed by atoms with Gasteiger partial charge in [0, 0.05) is 23.3 Å². The highest BCUT2D eigenvalue weighted by Gasteiger charge is 2.16. The second-order valence-electron chi connectivity index (χ2n) is 5.10. The first-order chi connectivity index (χ1) is 12.0. The number of carbonyl (C=O) groups is 1. The van der Waals surface area contributed by atoms with Crippen molar-refractivity contribution in [2.75, 3.05) is 19.5 Å². The highest BCUT2D eigenvalue weighted by atomic mass is 16.5. The van der Waals surface area contributed by atoms with Crippen LogP contribution in [0.1, 0.15) is 17.3 Å². The molecule has 2 rings (SSSR count). The van der Waals surface area contributed by atoms with Crippen LogP contribution in [0.4, 0.5) is 5.69 Å². The van der Waals surface area contributed by atoms with Gasteiger partial charge in [-0.15, -0.1) is 0 Å². The van der Waals surface area contributed by atoms with E-state index >= 15 is 0 Å². The summed E-state index contributed by atoms with van der Waals surface area (Å²) in [5.41, 5.74) is 7.79. The Morgan fingerprint density at radius 3 is 2.52 bits per heavy atom. The number of rotatable bonds is 7. The molecular formula is C19H21N3O3. The number of allylic oxidation sites excluding steroid dienone is 4. The van der Waals surface area contributed by atoms with Crippen LogP contribution < -0.4 is 20.5 Å². The average Bonchev–Trinajstić information content (AvgIpc) is 2.63. The molecule has 0 radical (unpaired) electrons. The molecule has 0 unspecified atom stereocenters. The van der Waals surface area contributed by atoms with Crippen molar-refractivity contribution < 1.29 is 14.3 Å². The predicted molar refractivity (Wildman–Crippen MR) is 100 cm³/mol. The highest BCUT2D eigenvalue weighted by Crippen LogP contribution is 2.36. The van der Waals surface area contributed by atoms with Gasteiger partial charge in [-0.1, -0.05) is 24.8 Å². The van der Waals surface area contributed by atoms with Gasteiger partial charge in [0.1, 0.15) is 0 Å². The number of fused-ring (bicyclic) bond motifs is 1. The van der Waals surface area contributed by atoms with Gasteiger partial charge in [-0.25, -0.2) is 0 Å². The van der Waals surface area contributed by atoms with E-state index in [-0.39, 0.29) is 5.56 Å². The smallest absolute Gasteiger partial charge is 0.252 e. The van der Waals surface area contributed by atoms with Crippen LogP contribution in [0.25, 0.3) is 10.9 Å². The van der Waals surface area contributed by atoms with E-state index in [9.17, 15) is 4.79 Å². The Morgan fingerprint density at radius 2 is 1.96 bits per heavy atom. The zero-order chi connectivity index (χ0) is 18.4. The second-order valence-corrected chi connectivity index (χ2v) is 5.10. The van der Waals surface area contributed by atoms with Crippen molar-refractivity contribution >= 4 is 22.5 Å². The third kappa shape index (κ3) is 3.80. The number of nitrogens with two attached hydrogens (primary N) is 1. The average molecular weight is 339 g/mol. The van der Waals surface area contributed by atoms with Crippen LogP contribution in [0.3, 0.4) is 0 Å². The summed E-state index contributed by atoms with van der Waals surface area (Å²) in [5, 5.41) is 3.93. The summed E-state index contributed by atoms with van der Waals surface area (Å²) >= 11 is 0. The largest absolute Gasteiger partial charge is 0.493 e. The molecule has 1 amide bonds. The first-order valence-electron chi connectivity index (χ1n) is 7.62. The number of hydrogen-bond donors (Lipinski definition) is 2. The number of benzene rings is 1. The van der Waals surface area contributed by atoms with Gasteiger partial charge in [-0.05, 0) is 19.1 Å². The number of hydrogen-bond acceptors (Lipinski definition) is 5. The molecule has 0 saturated carbocycles. The Labute approximate surface area is 146 Å². The minimum absolute atomic E-state index is 0.283. The Kier molecular flexibility index (Phi) is 5.79. The first kappa shape index (κ1) is 18.1. The molecule has 0 bridgehead atoms. The van der Waals surface area contributed by atoms with Gasteiger partial charge in [0.2, 0.25) is 0 Å². The highest BCUT2D eigenvalue weighted by molar-refractivity contribution is 6.07. The second kappa shape index (κ2) is 8.01. The van der Waals surface area contributed by atoms with Gasteiger partial charge >= 0.3 is 0 Å². The summed E-state index contributed by atoms with van der Waals surface area (Å²) < 4.78 is 10.7. The lowest BCUT2D eigenvalue weighted by Crippen LogP contribution is -2.15. The van der Waals surface area contributed by atoms with Crippen LogP contribution in [0.15, 0.2) is 54.9 Å². The maximum atomic E-state index is 11.9. The number of primary amides is 1. The topological polar surface area (TPSA) is 86.5 Å². The molecule has 1 aromatic heterocycles. The maximum Gasteiger partial charge on any atom is 0.252 e. The molecule has 6 nitrogen and oxygen atoms in total. The van der Waals surface area contributed by atoms with Crippen molar-refractivity contribution in [1.82, 2.24) is 4.98 Å². The molecule has 0 aliphatic carbocycles. The standard InChI is InChI=1S/C19H21N3O3/c1-5-7-8-12(6-2)22-18-13-9-16(24-3)17(25-4)10-15(13)21-11-14(18)19(20)23/h5-11H,1H2,2-4H3,(H2,20,23)(H,21,22)/b8-7-,12-6+. The summed E-state index contributed by atoms with van der Waals surface area (Å²) in [4.78, 5) is 16.2. The Morgan fingerprint density at radius 1 is 1.28 bits per heavy atom. The van der Waals surface area contributed by atoms with Crippen LogP contribution in [-0.2, 0) is 0 Å². The van der Waals surface area contributed by atoms with E-state index in [4.69, 9.17) is 15.2 Å². The maximum absolute atomic E-state index is 11.9. The number of ether oxygens (including phenoxy) is 2. The summed E-state index contributed by atoms with van der Waals surface area (Å²) in [6, 6.07) is 3.51. The van der Waals surface area contributed by atoms with E-state index in [1.807, 2.05) is 19.1 Å². The molecule has 0 aliphatic heterocycles. The molecule has 0 spiro atoms. The zero-order valence-electron chi connectivity index (χ0n) is 14.5. The van der Waals surface area contributed by atoms with Crippen LogP contribution in [-0.4, -0.2) is 25.1 Å². The van der Waals surface area contributed by atoms with E-state index in [0.29, 0.717) is 28.1 Å². The lowest BCUT2D eigenvalue weighted by Gasteiger charge is -2.16. The first-order valence-corrected chi connectivity index (χ1v) is 7.62. The molecule has 25 heavy (non-hydrogen) atoms. The summed E-state index contributed by atoms with van der Waals surface area (Å²) in [5.74, 6) is 0.512. The zero-order valence-corrected chi connectivity index (χ0v) is 14.5. The van der Waals surface area contributed by atoms with Gasteiger partial charge in [-0.3, -0.25) is 9.78 Å². The van der Waals surface area contributed by atoms with Crippen molar-refractivity contribution in [3.63, 3.8) is 0 Å². The molecule has 6 heteroatoms. The molecule has 3 N–H and O–H groups in total. The van der Waals surface area contributed by atoms with Crippen molar-refractivity contribution in [3.05, 3.63) is 60.5 Å². The van der Waals surface area contributed by atoms with Crippen LogP contribution in [0, 0.1) is 0 Å². The van der Waals surface area contributed by atoms with Crippen molar-refractivity contribution in [3.8, 4) is 11.5 Å². The van der Waals surface area contributed by atoms with Crippen LogP contribution >= 0.6 is 0 Å². The molecule has 0 saturated heterocycles. The minimum Gasteiger partial charge on any atom is -0.493 e. The Balaban J connectivity index is 2.72. The molecule has 2 aromatic rings. The Bertz CT molecular complexity index is 870. The van der Waals surface area contributed by atoms with Gasteiger partial charge in [0.15, 0.2) is 11.5 Å². The van der Waals surface area contributed by atoms with Gasteiger partial charge in [-0.2, -0.15) is 0 Å². The molecule has 0 aliphatic rings. The van der Waals surface area contributed by atoms with E-state index < -0.39 is 5.91 Å². The van der Waals surface area contributed by atoms with Gasteiger partial charge < -0.3 is 20.5 Å². The number of pyridine rings is 1. The van der Waals surface area contributed by atoms with Crippen LogP contribution in [0.5, 0.6) is 11.5 Å². The molecule has 130 valence electrons. The summed E-state index contributed by atoms with van der Waals surface area (Å²) in [6.07, 6.45) is 8.62. The van der Waals surface area contributed by atoms with Gasteiger partial charge in [0.25, 0.3) is 5.91 Å². The molecule has 0 fully saturated rings. The number of aromatic nitrogens is 1. The van der Waals surface area contributed by atoms with Crippen molar-refractivity contribution in [1.29, 1.82) is 0 Å². The third-order valence-electron chi connectivity index (χ3n) is 3.63. The van der Waals surface area contributed by atoms with Crippen molar-refractivity contribution in [2.24, 2.45) is 5.73 Å². The number of carbonyl (C=O) groups excluding carboxylic acids is 1. The third-order valence-corrected chi connectivity index (χ3v) is 3.63. The number of anilines is 1. The fourth-order valence-electron chi connectivity index (χ4n) is 2.37. The van der Waals surface area contributed by atoms with Gasteiger partial charge in [0.05, 0.1) is 31.0 Å². The monoisotopic (exact) mass is 339 g/mol. The Hall–Kier alpha value is -3.28. The van der Waals surface area contributed by atoms with Crippen LogP contribution in [0.2, 0.25) is 0 Å².